The van der Waals surface area contributed by atoms with Gasteiger partial charge >= 0.3 is 0 Å². The smallest absolute Gasteiger partial charge is 0.149 e. The zero-order chi connectivity index (χ0) is 9.56. The third kappa shape index (κ3) is 3.51. The molecule has 0 aromatic heterocycles. The lowest BCUT2D eigenvalue weighted by atomic mass is 10.0. The van der Waals surface area contributed by atoms with Crippen LogP contribution in [0.5, 0.6) is 0 Å². The average Bonchev–Trinajstić information content (AvgIpc) is 2.06. The number of hydrogen-bond donors (Lipinski definition) is 0. The molecular weight excluding hydrogens is 148 g/mol. The van der Waals surface area contributed by atoms with Gasteiger partial charge in [-0.1, -0.05) is 31.1 Å². The first-order valence-electron chi connectivity index (χ1n) is 4.47. The van der Waals surface area contributed by atoms with E-state index in [1.54, 1.807) is 0 Å². The van der Waals surface area contributed by atoms with Gasteiger partial charge in [0.05, 0.1) is 0 Å². The molecule has 1 nitrogen and oxygen atoms in total. The molecule has 0 bridgehead atoms. The molecule has 0 unspecified atom stereocenters. The number of carbonyl (C=O) groups excluding carboxylic acids is 1. The zero-order valence-electron chi connectivity index (χ0n) is 8.48. The van der Waals surface area contributed by atoms with Crippen LogP contribution in [0.4, 0.5) is 0 Å². The van der Waals surface area contributed by atoms with Crippen LogP contribution in [-0.2, 0) is 4.79 Å². The van der Waals surface area contributed by atoms with E-state index in [0.29, 0.717) is 0 Å². The van der Waals surface area contributed by atoms with Crippen molar-refractivity contribution >= 4 is 6.29 Å². The number of aldehydes is 1. The van der Waals surface area contributed by atoms with Crippen molar-refractivity contribution in [3.8, 4) is 0 Å². The Morgan fingerprint density at radius 1 is 1.17 bits per heavy atom. The molecule has 0 aromatic carbocycles. The molecule has 0 aliphatic carbocycles. The molecule has 0 heterocycles. The number of allylic oxidation sites excluding steroid dienone is 4. The fourth-order valence-corrected chi connectivity index (χ4v) is 0.970. The summed E-state index contributed by atoms with van der Waals surface area (Å²) >= 11 is 0. The van der Waals surface area contributed by atoms with Gasteiger partial charge in [0.15, 0.2) is 0 Å². The lowest BCUT2D eigenvalue weighted by Gasteiger charge is -2.00. The first kappa shape index (κ1) is 11.2. The van der Waals surface area contributed by atoms with Crippen LogP contribution in [0.3, 0.4) is 0 Å². The molecule has 0 spiro atoms. The van der Waals surface area contributed by atoms with Gasteiger partial charge in [0.25, 0.3) is 0 Å². The van der Waals surface area contributed by atoms with Crippen molar-refractivity contribution < 1.29 is 4.79 Å². The summed E-state index contributed by atoms with van der Waals surface area (Å²) in [4.78, 5) is 10.6. The summed E-state index contributed by atoms with van der Waals surface area (Å²) in [7, 11) is 0. The molecular formula is C11H18O. The van der Waals surface area contributed by atoms with Crippen LogP contribution in [-0.4, -0.2) is 6.29 Å². The Balaban J connectivity index is 4.67. The van der Waals surface area contributed by atoms with Crippen molar-refractivity contribution in [3.05, 3.63) is 22.8 Å². The third-order valence-electron chi connectivity index (χ3n) is 1.97. The van der Waals surface area contributed by atoms with E-state index in [9.17, 15) is 4.79 Å². The maximum atomic E-state index is 10.6. The van der Waals surface area contributed by atoms with Gasteiger partial charge in [-0.25, -0.2) is 0 Å². The van der Waals surface area contributed by atoms with E-state index in [1.807, 2.05) is 19.9 Å². The highest BCUT2D eigenvalue weighted by atomic mass is 16.1. The molecule has 0 amide bonds. The molecule has 0 radical (unpaired) electrons. The van der Waals surface area contributed by atoms with E-state index < -0.39 is 0 Å². The molecule has 0 saturated heterocycles. The monoisotopic (exact) mass is 166 g/mol. The Labute approximate surface area is 75.2 Å². The van der Waals surface area contributed by atoms with Crippen LogP contribution in [0, 0.1) is 0 Å². The second-order valence-corrected chi connectivity index (χ2v) is 3.08. The Kier molecular flexibility index (Phi) is 5.35. The normalized spacial score (nSPS) is 9.00. The lowest BCUT2D eigenvalue weighted by molar-refractivity contribution is -0.104. The van der Waals surface area contributed by atoms with E-state index in [-0.39, 0.29) is 0 Å². The van der Waals surface area contributed by atoms with Gasteiger partial charge in [0.1, 0.15) is 6.29 Å². The quantitative estimate of drug-likeness (QED) is 0.356. The molecule has 0 saturated carbocycles. The molecule has 12 heavy (non-hydrogen) atoms. The van der Waals surface area contributed by atoms with E-state index in [0.717, 1.165) is 30.3 Å². The van der Waals surface area contributed by atoms with E-state index in [1.165, 1.54) is 5.57 Å². The molecule has 0 N–H and O–H groups in total. The van der Waals surface area contributed by atoms with Crippen molar-refractivity contribution in [1.82, 2.24) is 0 Å². The van der Waals surface area contributed by atoms with Crippen LogP contribution < -0.4 is 0 Å². The van der Waals surface area contributed by atoms with Gasteiger partial charge < -0.3 is 0 Å². The summed E-state index contributed by atoms with van der Waals surface area (Å²) in [6.07, 6.45) is 4.99. The maximum absolute atomic E-state index is 10.6. The molecule has 0 atom stereocenters. The second-order valence-electron chi connectivity index (χ2n) is 3.08. The third-order valence-corrected chi connectivity index (χ3v) is 1.97. The Morgan fingerprint density at radius 3 is 1.92 bits per heavy atom. The lowest BCUT2D eigenvalue weighted by Crippen LogP contribution is -1.87. The van der Waals surface area contributed by atoms with Crippen LogP contribution in [0.2, 0.25) is 0 Å². The van der Waals surface area contributed by atoms with Crippen molar-refractivity contribution in [2.75, 3.05) is 0 Å². The van der Waals surface area contributed by atoms with Crippen LogP contribution >= 0.6 is 0 Å². The van der Waals surface area contributed by atoms with Gasteiger partial charge in [0, 0.05) is 5.57 Å². The highest BCUT2D eigenvalue weighted by molar-refractivity contribution is 5.78. The fraction of sp³-hybridized carbons (Fsp3) is 0.545. The summed E-state index contributed by atoms with van der Waals surface area (Å²) in [5.41, 5.74) is 3.25. The summed E-state index contributed by atoms with van der Waals surface area (Å²) in [6.45, 7) is 8.15. The van der Waals surface area contributed by atoms with Crippen molar-refractivity contribution in [1.29, 1.82) is 0 Å². The predicted molar refractivity (Wildman–Crippen MR) is 53.1 cm³/mol. The molecule has 0 rings (SSSR count). The van der Waals surface area contributed by atoms with Gasteiger partial charge in [-0.2, -0.15) is 0 Å². The zero-order valence-corrected chi connectivity index (χ0v) is 8.48. The highest BCUT2D eigenvalue weighted by Crippen LogP contribution is 2.11. The predicted octanol–water partition coefficient (Wildman–Crippen LogP) is 3.27. The molecule has 1 heteroatoms. The van der Waals surface area contributed by atoms with Gasteiger partial charge in [-0.15, -0.1) is 0 Å². The number of hydrogen-bond acceptors (Lipinski definition) is 1. The topological polar surface area (TPSA) is 17.1 Å². The first-order chi connectivity index (χ1) is 5.65. The fourth-order valence-electron chi connectivity index (χ4n) is 0.970. The standard InChI is InChI=1S/C11H18O/c1-5-10(6-2)7-11(8-12)9(3)4/h7-8H,5-6H2,1-4H3. The van der Waals surface area contributed by atoms with Crippen LogP contribution in [0.15, 0.2) is 22.8 Å². The van der Waals surface area contributed by atoms with Crippen molar-refractivity contribution in [2.24, 2.45) is 0 Å². The minimum atomic E-state index is 0.828. The minimum Gasteiger partial charge on any atom is -0.298 e. The minimum absolute atomic E-state index is 0.828. The van der Waals surface area contributed by atoms with Gasteiger partial charge in [0.2, 0.25) is 0 Å². The molecule has 0 fully saturated rings. The molecule has 0 aliphatic heterocycles. The Bertz CT molecular complexity index is 199. The molecule has 0 aromatic rings. The van der Waals surface area contributed by atoms with E-state index in [4.69, 9.17) is 0 Å². The maximum Gasteiger partial charge on any atom is 0.149 e. The summed E-state index contributed by atoms with van der Waals surface area (Å²) < 4.78 is 0. The number of carbonyl (C=O) groups is 1. The van der Waals surface area contributed by atoms with E-state index >= 15 is 0 Å². The molecule has 68 valence electrons. The van der Waals surface area contributed by atoms with Crippen LogP contribution in [0.1, 0.15) is 40.5 Å². The number of rotatable bonds is 4. The van der Waals surface area contributed by atoms with Crippen molar-refractivity contribution in [3.63, 3.8) is 0 Å². The van der Waals surface area contributed by atoms with Gasteiger partial charge in [-0.05, 0) is 26.7 Å². The second kappa shape index (κ2) is 5.76. The van der Waals surface area contributed by atoms with Crippen molar-refractivity contribution in [2.45, 2.75) is 40.5 Å². The SMILES string of the molecule is CCC(=CC(C=O)=C(C)C)CC. The first-order valence-corrected chi connectivity index (χ1v) is 4.47. The summed E-state index contributed by atoms with van der Waals surface area (Å²) in [5.74, 6) is 0. The Hall–Kier alpha value is -0.850. The Morgan fingerprint density at radius 2 is 1.67 bits per heavy atom. The van der Waals surface area contributed by atoms with Crippen LogP contribution in [0.25, 0.3) is 0 Å². The van der Waals surface area contributed by atoms with E-state index in [2.05, 4.69) is 13.8 Å². The molecule has 0 aliphatic rings. The highest BCUT2D eigenvalue weighted by Gasteiger charge is 1.95. The largest absolute Gasteiger partial charge is 0.298 e. The van der Waals surface area contributed by atoms with Gasteiger partial charge in [-0.3, -0.25) is 4.79 Å². The summed E-state index contributed by atoms with van der Waals surface area (Å²) in [5, 5.41) is 0. The summed E-state index contributed by atoms with van der Waals surface area (Å²) in [6, 6.07) is 0. The average molecular weight is 166 g/mol.